The number of esters is 1. The van der Waals surface area contributed by atoms with Crippen molar-refractivity contribution in [3.8, 4) is 0 Å². The van der Waals surface area contributed by atoms with Gasteiger partial charge in [0.2, 0.25) is 5.91 Å². The summed E-state index contributed by atoms with van der Waals surface area (Å²) in [5.41, 5.74) is 1.61. The summed E-state index contributed by atoms with van der Waals surface area (Å²) in [6, 6.07) is 12.6. The highest BCUT2D eigenvalue weighted by Crippen LogP contribution is 2.33. The summed E-state index contributed by atoms with van der Waals surface area (Å²) in [6.07, 6.45) is -0.430. The van der Waals surface area contributed by atoms with E-state index < -0.39 is 17.7 Å². The van der Waals surface area contributed by atoms with Gasteiger partial charge in [0.1, 0.15) is 12.7 Å². The van der Waals surface area contributed by atoms with Gasteiger partial charge in [0.15, 0.2) is 0 Å². The third-order valence-electron chi connectivity index (χ3n) is 4.13. The maximum absolute atomic E-state index is 12.4. The molecular weight excluding hydrogens is 439 g/mol. The summed E-state index contributed by atoms with van der Waals surface area (Å²) < 4.78 is 10.8. The number of nitrogens with one attached hydrogen (secondary N) is 2. The van der Waals surface area contributed by atoms with Gasteiger partial charge in [-0.1, -0.05) is 47.5 Å². The molecule has 2 aromatic carbocycles. The SMILES string of the molecule is CC(CNC(=O)COC(C)(C)C)OC(=O)Cc1ccccc1Nc1c(Cl)cccc1Cl. The number of rotatable bonds is 9. The highest BCUT2D eigenvalue weighted by molar-refractivity contribution is 6.39. The average Bonchev–Trinajstić information content (AvgIpc) is 2.68. The second-order valence-electron chi connectivity index (χ2n) is 8.06. The number of hydrogen-bond donors (Lipinski definition) is 2. The zero-order chi connectivity index (χ0) is 23.0. The second-order valence-corrected chi connectivity index (χ2v) is 8.88. The first-order valence-electron chi connectivity index (χ1n) is 9.94. The van der Waals surface area contributed by atoms with Crippen molar-refractivity contribution in [3.05, 3.63) is 58.1 Å². The molecule has 1 unspecified atom stereocenters. The minimum Gasteiger partial charge on any atom is -0.461 e. The Labute approximate surface area is 193 Å². The van der Waals surface area contributed by atoms with Crippen LogP contribution in [0.5, 0.6) is 0 Å². The smallest absolute Gasteiger partial charge is 0.310 e. The Kier molecular flexibility index (Phi) is 9.16. The summed E-state index contributed by atoms with van der Waals surface area (Å²) >= 11 is 12.5. The van der Waals surface area contributed by atoms with Crippen LogP contribution >= 0.6 is 23.2 Å². The number of ether oxygens (including phenoxy) is 2. The molecule has 0 radical (unpaired) electrons. The van der Waals surface area contributed by atoms with Crippen LogP contribution in [0.4, 0.5) is 11.4 Å². The molecule has 6 nitrogen and oxygen atoms in total. The summed E-state index contributed by atoms with van der Waals surface area (Å²) in [5, 5.41) is 6.84. The number of benzene rings is 2. The van der Waals surface area contributed by atoms with Crippen molar-refractivity contribution in [3.63, 3.8) is 0 Å². The minimum atomic E-state index is -0.482. The number of carbonyl (C=O) groups excluding carboxylic acids is 2. The van der Waals surface area contributed by atoms with E-state index in [1.54, 1.807) is 25.1 Å². The van der Waals surface area contributed by atoms with Crippen LogP contribution in [0, 0.1) is 0 Å². The monoisotopic (exact) mass is 466 g/mol. The topological polar surface area (TPSA) is 76.7 Å². The van der Waals surface area contributed by atoms with E-state index >= 15 is 0 Å². The van der Waals surface area contributed by atoms with Crippen molar-refractivity contribution in [2.45, 2.75) is 45.8 Å². The van der Waals surface area contributed by atoms with E-state index in [9.17, 15) is 9.59 Å². The van der Waals surface area contributed by atoms with Gasteiger partial charge >= 0.3 is 5.97 Å². The molecule has 0 heterocycles. The molecular formula is C23H28Cl2N2O4. The zero-order valence-corrected chi connectivity index (χ0v) is 19.6. The molecule has 0 saturated heterocycles. The number of carbonyl (C=O) groups is 2. The van der Waals surface area contributed by atoms with Gasteiger partial charge in [0.05, 0.1) is 34.3 Å². The van der Waals surface area contributed by atoms with Crippen molar-refractivity contribution in [1.29, 1.82) is 0 Å². The first-order valence-corrected chi connectivity index (χ1v) is 10.7. The highest BCUT2D eigenvalue weighted by Gasteiger charge is 2.16. The summed E-state index contributed by atoms with van der Waals surface area (Å²) in [4.78, 5) is 24.3. The quantitative estimate of drug-likeness (QED) is 0.500. The van der Waals surface area contributed by atoms with Gasteiger partial charge in [0, 0.05) is 5.69 Å². The second kappa shape index (κ2) is 11.4. The van der Waals surface area contributed by atoms with Crippen LogP contribution in [-0.4, -0.2) is 36.7 Å². The van der Waals surface area contributed by atoms with E-state index in [0.717, 1.165) is 5.56 Å². The predicted octanol–water partition coefficient (Wildman–Crippen LogP) is 5.14. The van der Waals surface area contributed by atoms with Gasteiger partial charge in [-0.25, -0.2) is 0 Å². The molecule has 0 fully saturated rings. The van der Waals surface area contributed by atoms with E-state index in [-0.39, 0.29) is 25.5 Å². The molecule has 0 aliphatic rings. The molecule has 1 amide bonds. The fourth-order valence-electron chi connectivity index (χ4n) is 2.60. The molecule has 0 spiro atoms. The van der Waals surface area contributed by atoms with E-state index in [4.69, 9.17) is 32.7 Å². The fraction of sp³-hybridized carbons (Fsp3) is 0.391. The molecule has 0 aliphatic heterocycles. The fourth-order valence-corrected chi connectivity index (χ4v) is 3.09. The third-order valence-corrected chi connectivity index (χ3v) is 4.76. The van der Waals surface area contributed by atoms with Crippen LogP contribution in [0.3, 0.4) is 0 Å². The van der Waals surface area contributed by atoms with Gasteiger partial charge in [-0.2, -0.15) is 0 Å². The van der Waals surface area contributed by atoms with Crippen LogP contribution in [0.25, 0.3) is 0 Å². The molecule has 168 valence electrons. The van der Waals surface area contributed by atoms with E-state index in [1.165, 1.54) is 0 Å². The van der Waals surface area contributed by atoms with E-state index in [1.807, 2.05) is 45.0 Å². The van der Waals surface area contributed by atoms with Gasteiger partial charge in [-0.05, 0) is 51.5 Å². The molecule has 2 rings (SSSR count). The number of hydrogen-bond acceptors (Lipinski definition) is 5. The van der Waals surface area contributed by atoms with Crippen molar-refractivity contribution < 1.29 is 19.1 Å². The van der Waals surface area contributed by atoms with Crippen molar-refractivity contribution >= 4 is 46.5 Å². The van der Waals surface area contributed by atoms with Gasteiger partial charge in [-0.3, -0.25) is 9.59 Å². The van der Waals surface area contributed by atoms with Crippen molar-refractivity contribution in [2.75, 3.05) is 18.5 Å². The zero-order valence-electron chi connectivity index (χ0n) is 18.1. The lowest BCUT2D eigenvalue weighted by Gasteiger charge is -2.20. The first kappa shape index (κ1) is 25.0. The molecule has 0 saturated carbocycles. The molecule has 0 aromatic heterocycles. The Bertz CT molecular complexity index is 892. The molecule has 31 heavy (non-hydrogen) atoms. The van der Waals surface area contributed by atoms with Crippen LogP contribution in [0.1, 0.15) is 33.3 Å². The Morgan fingerprint density at radius 1 is 1.03 bits per heavy atom. The third kappa shape index (κ3) is 8.77. The molecule has 1 atom stereocenters. The number of para-hydroxylation sites is 2. The lowest BCUT2D eigenvalue weighted by molar-refractivity contribution is -0.148. The Morgan fingerprint density at radius 3 is 2.32 bits per heavy atom. The molecule has 0 aliphatic carbocycles. The summed E-state index contributed by atoms with van der Waals surface area (Å²) in [6.45, 7) is 7.49. The number of amides is 1. The first-order chi connectivity index (χ1) is 14.5. The van der Waals surface area contributed by atoms with Crippen LogP contribution < -0.4 is 10.6 Å². The number of anilines is 2. The maximum Gasteiger partial charge on any atom is 0.310 e. The standard InChI is InChI=1S/C23H28Cl2N2O4/c1-15(13-26-20(28)14-30-23(2,3)4)31-21(29)12-16-8-5-6-11-19(16)27-22-17(24)9-7-10-18(22)25/h5-11,15,27H,12-14H2,1-4H3,(H,26,28). The molecule has 0 bridgehead atoms. The van der Waals surface area contributed by atoms with Crippen LogP contribution in [0.15, 0.2) is 42.5 Å². The molecule has 2 aromatic rings. The summed E-state index contributed by atoms with van der Waals surface area (Å²) in [5.74, 6) is -0.670. The van der Waals surface area contributed by atoms with Crippen LogP contribution in [-0.2, 0) is 25.5 Å². The predicted molar refractivity (Wildman–Crippen MR) is 124 cm³/mol. The minimum absolute atomic E-state index is 0.0478. The van der Waals surface area contributed by atoms with Crippen molar-refractivity contribution in [2.24, 2.45) is 0 Å². The van der Waals surface area contributed by atoms with Crippen LogP contribution in [0.2, 0.25) is 10.0 Å². The van der Waals surface area contributed by atoms with Gasteiger partial charge in [-0.15, -0.1) is 0 Å². The Hall–Kier alpha value is -2.28. The van der Waals surface area contributed by atoms with Gasteiger partial charge in [0.25, 0.3) is 0 Å². The Balaban J connectivity index is 1.90. The lowest BCUT2D eigenvalue weighted by Crippen LogP contribution is -2.37. The lowest BCUT2D eigenvalue weighted by atomic mass is 10.1. The normalized spacial score (nSPS) is 12.2. The van der Waals surface area contributed by atoms with E-state index in [0.29, 0.717) is 21.4 Å². The van der Waals surface area contributed by atoms with Crippen molar-refractivity contribution in [1.82, 2.24) is 5.32 Å². The number of halogens is 2. The largest absolute Gasteiger partial charge is 0.461 e. The molecule has 8 heteroatoms. The maximum atomic E-state index is 12.4. The highest BCUT2D eigenvalue weighted by atomic mass is 35.5. The molecule has 2 N–H and O–H groups in total. The Morgan fingerprint density at radius 2 is 1.68 bits per heavy atom. The summed E-state index contributed by atoms with van der Waals surface area (Å²) in [7, 11) is 0. The van der Waals surface area contributed by atoms with Gasteiger partial charge < -0.3 is 20.1 Å². The average molecular weight is 467 g/mol. The van der Waals surface area contributed by atoms with E-state index in [2.05, 4.69) is 10.6 Å².